The molecule has 14 heavy (non-hydrogen) atoms. The molecular weight excluding hydrogens is 172 g/mol. The number of hydrogen-bond acceptors (Lipinski definition) is 2. The summed E-state index contributed by atoms with van der Waals surface area (Å²) in [6.45, 7) is 0. The van der Waals surface area contributed by atoms with Crippen molar-refractivity contribution in [3.05, 3.63) is 53.7 Å². The Morgan fingerprint density at radius 2 is 2.00 bits per heavy atom. The van der Waals surface area contributed by atoms with Crippen LogP contribution >= 0.6 is 0 Å². The average Bonchev–Trinajstić information content (AvgIpc) is 2.30. The van der Waals surface area contributed by atoms with Crippen LogP contribution in [-0.2, 0) is 0 Å². The molecule has 0 amide bonds. The summed E-state index contributed by atoms with van der Waals surface area (Å²) in [5.74, 6) is 0. The molecule has 0 atom stereocenters. The van der Waals surface area contributed by atoms with E-state index in [1.807, 2.05) is 30.5 Å². The number of dihydropyridines is 1. The van der Waals surface area contributed by atoms with Gasteiger partial charge in [0, 0.05) is 5.70 Å². The molecule has 68 valence electrons. The first-order valence-electron chi connectivity index (χ1n) is 4.52. The van der Waals surface area contributed by atoms with Crippen molar-refractivity contribution < 1.29 is 0 Å². The van der Waals surface area contributed by atoms with E-state index < -0.39 is 0 Å². The third kappa shape index (κ3) is 1.67. The highest BCUT2D eigenvalue weighted by Crippen LogP contribution is 2.15. The fourth-order valence-electron chi connectivity index (χ4n) is 1.39. The quantitative estimate of drug-likeness (QED) is 0.723. The van der Waals surface area contributed by atoms with Crippen molar-refractivity contribution in [1.82, 2.24) is 5.32 Å². The summed E-state index contributed by atoms with van der Waals surface area (Å²) in [6, 6.07) is 9.67. The second kappa shape index (κ2) is 3.80. The second-order valence-electron chi connectivity index (χ2n) is 3.09. The van der Waals surface area contributed by atoms with Gasteiger partial charge in [0.1, 0.15) is 0 Å². The summed E-state index contributed by atoms with van der Waals surface area (Å²) < 4.78 is 0. The second-order valence-corrected chi connectivity index (χ2v) is 3.09. The van der Waals surface area contributed by atoms with E-state index in [1.54, 1.807) is 0 Å². The molecule has 1 aromatic rings. The Labute approximate surface area is 83.2 Å². The highest BCUT2D eigenvalue weighted by atomic mass is 14.9. The van der Waals surface area contributed by atoms with Gasteiger partial charge in [-0.3, -0.25) is 0 Å². The van der Waals surface area contributed by atoms with Crippen LogP contribution in [0.5, 0.6) is 0 Å². The van der Waals surface area contributed by atoms with E-state index in [-0.39, 0.29) is 0 Å². The highest BCUT2D eigenvalue weighted by Gasteiger charge is 2.01. The van der Waals surface area contributed by atoms with E-state index >= 15 is 0 Å². The van der Waals surface area contributed by atoms with E-state index in [4.69, 9.17) is 5.26 Å². The van der Waals surface area contributed by atoms with Crippen molar-refractivity contribution in [2.24, 2.45) is 0 Å². The molecule has 0 fully saturated rings. The van der Waals surface area contributed by atoms with Gasteiger partial charge in [-0.15, -0.1) is 0 Å². The van der Waals surface area contributed by atoms with Gasteiger partial charge >= 0.3 is 0 Å². The molecule has 0 unspecified atom stereocenters. The third-order valence-electron chi connectivity index (χ3n) is 2.14. The smallest absolute Gasteiger partial charge is 0.0991 e. The first-order valence-corrected chi connectivity index (χ1v) is 4.52. The Balaban J connectivity index is 2.25. The van der Waals surface area contributed by atoms with Crippen LogP contribution < -0.4 is 5.32 Å². The Kier molecular flexibility index (Phi) is 2.33. The van der Waals surface area contributed by atoms with Gasteiger partial charge in [0.2, 0.25) is 0 Å². The molecular formula is C12H10N2. The normalized spacial score (nSPS) is 14.1. The van der Waals surface area contributed by atoms with Gasteiger partial charge in [-0.05, 0) is 30.3 Å². The van der Waals surface area contributed by atoms with Gasteiger partial charge in [0.25, 0.3) is 0 Å². The molecule has 0 bridgehead atoms. The molecule has 1 aliphatic heterocycles. The molecule has 2 heteroatoms. The van der Waals surface area contributed by atoms with E-state index in [0.717, 1.165) is 17.7 Å². The molecule has 0 radical (unpaired) electrons. The van der Waals surface area contributed by atoms with Gasteiger partial charge in [-0.1, -0.05) is 24.3 Å². The molecule has 1 aromatic carbocycles. The van der Waals surface area contributed by atoms with Crippen LogP contribution in [0.1, 0.15) is 17.5 Å². The summed E-state index contributed by atoms with van der Waals surface area (Å²) in [6.07, 6.45) is 7.09. The highest BCUT2D eigenvalue weighted by molar-refractivity contribution is 5.66. The maximum atomic E-state index is 8.65. The van der Waals surface area contributed by atoms with Crippen LogP contribution in [0, 0.1) is 11.3 Å². The molecule has 0 aromatic heterocycles. The monoisotopic (exact) mass is 182 g/mol. The first-order chi connectivity index (χ1) is 6.90. The fourth-order valence-corrected chi connectivity index (χ4v) is 1.39. The number of hydrogen-bond donors (Lipinski definition) is 1. The largest absolute Gasteiger partial charge is 0.362 e. The van der Waals surface area contributed by atoms with Gasteiger partial charge in [0.15, 0.2) is 0 Å². The van der Waals surface area contributed by atoms with E-state index in [1.165, 1.54) is 0 Å². The Morgan fingerprint density at radius 3 is 2.57 bits per heavy atom. The van der Waals surface area contributed by atoms with Crippen LogP contribution in [0.25, 0.3) is 5.70 Å². The minimum atomic E-state index is 0.695. The molecule has 0 saturated carbocycles. The van der Waals surface area contributed by atoms with Crippen LogP contribution in [0.2, 0.25) is 0 Å². The van der Waals surface area contributed by atoms with Crippen molar-refractivity contribution >= 4 is 5.70 Å². The van der Waals surface area contributed by atoms with Gasteiger partial charge in [-0.25, -0.2) is 0 Å². The average molecular weight is 182 g/mol. The zero-order chi connectivity index (χ0) is 9.80. The van der Waals surface area contributed by atoms with Crippen molar-refractivity contribution in [2.75, 3.05) is 0 Å². The summed E-state index contributed by atoms with van der Waals surface area (Å²) >= 11 is 0. The molecule has 0 aliphatic carbocycles. The number of allylic oxidation sites excluding steroid dienone is 2. The van der Waals surface area contributed by atoms with Crippen molar-refractivity contribution in [3.63, 3.8) is 0 Å². The van der Waals surface area contributed by atoms with Crippen LogP contribution in [-0.4, -0.2) is 0 Å². The lowest BCUT2D eigenvalue weighted by atomic mass is 10.1. The number of benzene rings is 1. The zero-order valence-electron chi connectivity index (χ0n) is 7.70. The van der Waals surface area contributed by atoms with Gasteiger partial charge in [0.05, 0.1) is 11.6 Å². The molecule has 2 nitrogen and oxygen atoms in total. The SMILES string of the molecule is N#Cc1ccc(C2=CCC=CN2)cc1. The maximum absolute atomic E-state index is 8.65. The maximum Gasteiger partial charge on any atom is 0.0991 e. The number of rotatable bonds is 1. The topological polar surface area (TPSA) is 35.8 Å². The standard InChI is InChI=1S/C12H10N2/c13-9-10-4-6-11(7-5-10)12-3-1-2-8-14-12/h2-8,14H,1H2. The van der Waals surface area contributed by atoms with Crippen molar-refractivity contribution in [3.8, 4) is 6.07 Å². The zero-order valence-corrected chi connectivity index (χ0v) is 7.70. The summed E-state index contributed by atoms with van der Waals surface area (Å²) in [5.41, 5.74) is 2.92. The molecule has 1 heterocycles. The third-order valence-corrected chi connectivity index (χ3v) is 2.14. The number of nitriles is 1. The summed E-state index contributed by atoms with van der Waals surface area (Å²) in [7, 11) is 0. The molecule has 1 N–H and O–H groups in total. The predicted molar refractivity (Wildman–Crippen MR) is 56.0 cm³/mol. The number of nitrogens with zero attached hydrogens (tertiary/aromatic N) is 1. The summed E-state index contributed by atoms with van der Waals surface area (Å²) in [5, 5.41) is 11.8. The molecule has 0 spiro atoms. The van der Waals surface area contributed by atoms with E-state index in [9.17, 15) is 0 Å². The first kappa shape index (κ1) is 8.58. The predicted octanol–water partition coefficient (Wildman–Crippen LogP) is 2.41. The van der Waals surface area contributed by atoms with Crippen LogP contribution in [0.3, 0.4) is 0 Å². The number of nitrogens with one attached hydrogen (secondary N) is 1. The fraction of sp³-hybridized carbons (Fsp3) is 0.0833. The molecule has 2 rings (SSSR count). The van der Waals surface area contributed by atoms with E-state index in [2.05, 4.69) is 23.5 Å². The van der Waals surface area contributed by atoms with Crippen molar-refractivity contribution in [1.29, 1.82) is 5.26 Å². The minimum Gasteiger partial charge on any atom is -0.362 e. The Bertz CT molecular complexity index is 419. The van der Waals surface area contributed by atoms with Gasteiger partial charge in [-0.2, -0.15) is 5.26 Å². The van der Waals surface area contributed by atoms with Crippen LogP contribution in [0.4, 0.5) is 0 Å². The molecule has 0 saturated heterocycles. The summed E-state index contributed by atoms with van der Waals surface area (Å²) in [4.78, 5) is 0. The Morgan fingerprint density at radius 1 is 1.21 bits per heavy atom. The van der Waals surface area contributed by atoms with Crippen LogP contribution in [0.15, 0.2) is 42.6 Å². The lowest BCUT2D eigenvalue weighted by Crippen LogP contribution is -2.06. The van der Waals surface area contributed by atoms with Gasteiger partial charge < -0.3 is 5.32 Å². The minimum absolute atomic E-state index is 0.695. The van der Waals surface area contributed by atoms with E-state index in [0.29, 0.717) is 5.56 Å². The Hall–Kier alpha value is -2.01. The molecule has 1 aliphatic rings. The van der Waals surface area contributed by atoms with Crippen molar-refractivity contribution in [2.45, 2.75) is 6.42 Å². The lowest BCUT2D eigenvalue weighted by molar-refractivity contribution is 1.13. The lowest BCUT2D eigenvalue weighted by Gasteiger charge is -2.10.